The summed E-state index contributed by atoms with van der Waals surface area (Å²) in [6, 6.07) is 16.1. The molecule has 1 unspecified atom stereocenters. The van der Waals surface area contributed by atoms with Crippen molar-refractivity contribution >= 4 is 17.5 Å². The van der Waals surface area contributed by atoms with Gasteiger partial charge in [-0.25, -0.2) is 0 Å². The first-order valence-electron chi connectivity index (χ1n) is 8.99. The van der Waals surface area contributed by atoms with Crippen LogP contribution in [0.5, 0.6) is 5.75 Å². The molecule has 0 saturated carbocycles. The molecule has 3 aromatic rings. The Labute approximate surface area is 167 Å². The normalized spacial score (nSPS) is 15.8. The van der Waals surface area contributed by atoms with Crippen LogP contribution >= 0.6 is 11.6 Å². The number of nitrogens with zero attached hydrogens (tertiary/aromatic N) is 1. The first kappa shape index (κ1) is 18.3. The number of hydrogen-bond donors (Lipinski definition) is 1. The van der Waals surface area contributed by atoms with E-state index in [0.29, 0.717) is 17.1 Å². The summed E-state index contributed by atoms with van der Waals surface area (Å²) in [5, 5.41) is 0.615. The highest BCUT2D eigenvalue weighted by Gasteiger charge is 2.33. The van der Waals surface area contributed by atoms with Crippen LogP contribution in [0.4, 0.5) is 0 Å². The molecule has 0 fully saturated rings. The van der Waals surface area contributed by atoms with Crippen molar-refractivity contribution < 1.29 is 9.53 Å². The monoisotopic (exact) mass is 394 g/mol. The number of hydrogen-bond acceptors (Lipinski definition) is 3. The molecule has 1 aliphatic heterocycles. The summed E-state index contributed by atoms with van der Waals surface area (Å²) >= 11 is 6.24. The minimum atomic E-state index is -0.294. The van der Waals surface area contributed by atoms with Crippen LogP contribution < -0.4 is 10.3 Å². The topological polar surface area (TPSA) is 62.4 Å². The largest absolute Gasteiger partial charge is 0.497 e. The highest BCUT2D eigenvalue weighted by atomic mass is 35.5. The molecule has 6 heteroatoms. The number of H-pyrrole nitrogens is 1. The maximum atomic E-state index is 13.3. The molecule has 0 aliphatic carbocycles. The van der Waals surface area contributed by atoms with Gasteiger partial charge in [-0.1, -0.05) is 29.8 Å². The Morgan fingerprint density at radius 1 is 1.18 bits per heavy atom. The summed E-state index contributed by atoms with van der Waals surface area (Å²) in [4.78, 5) is 29.0. The van der Waals surface area contributed by atoms with Crippen LogP contribution in [-0.4, -0.2) is 29.4 Å². The van der Waals surface area contributed by atoms with E-state index in [-0.39, 0.29) is 17.5 Å². The number of benzene rings is 2. The molecule has 2 aromatic carbocycles. The first-order valence-corrected chi connectivity index (χ1v) is 9.36. The van der Waals surface area contributed by atoms with Crippen LogP contribution in [0.3, 0.4) is 0 Å². The highest BCUT2D eigenvalue weighted by molar-refractivity contribution is 6.30. The van der Waals surface area contributed by atoms with Crippen molar-refractivity contribution in [2.24, 2.45) is 0 Å². The standard InChI is InChI=1S/C22H19ClN2O3/c1-28-18-7-5-14-9-10-25(22(27)16-6-8-20(26)24-13-16)21(19(14)12-18)15-3-2-4-17(23)11-15/h2-8,11-13,21H,9-10H2,1H3,(H,24,26). The Kier molecular flexibility index (Phi) is 4.92. The van der Waals surface area contributed by atoms with E-state index in [1.807, 2.05) is 47.4 Å². The van der Waals surface area contributed by atoms with Crippen molar-refractivity contribution in [3.8, 4) is 5.75 Å². The fourth-order valence-electron chi connectivity index (χ4n) is 3.68. The summed E-state index contributed by atoms with van der Waals surface area (Å²) in [6.45, 7) is 0.564. The quantitative estimate of drug-likeness (QED) is 0.734. The van der Waals surface area contributed by atoms with Crippen molar-refractivity contribution in [1.29, 1.82) is 0 Å². The van der Waals surface area contributed by atoms with Gasteiger partial charge < -0.3 is 14.6 Å². The van der Waals surface area contributed by atoms with E-state index >= 15 is 0 Å². The van der Waals surface area contributed by atoms with Gasteiger partial charge in [0.2, 0.25) is 5.56 Å². The van der Waals surface area contributed by atoms with E-state index in [1.54, 1.807) is 13.2 Å². The number of rotatable bonds is 3. The van der Waals surface area contributed by atoms with E-state index < -0.39 is 0 Å². The van der Waals surface area contributed by atoms with Gasteiger partial charge >= 0.3 is 0 Å². The van der Waals surface area contributed by atoms with Gasteiger partial charge in [-0.05, 0) is 53.4 Å². The molecule has 1 atom stereocenters. The lowest BCUT2D eigenvalue weighted by molar-refractivity contribution is 0.0694. The molecular weight excluding hydrogens is 376 g/mol. The number of pyridine rings is 1. The van der Waals surface area contributed by atoms with Crippen molar-refractivity contribution in [3.63, 3.8) is 0 Å². The SMILES string of the molecule is COc1ccc2c(c1)C(c1cccc(Cl)c1)N(C(=O)c1ccc(=O)[nH]c1)CC2. The molecule has 0 radical (unpaired) electrons. The number of ether oxygens (including phenoxy) is 1. The molecule has 0 bridgehead atoms. The number of amides is 1. The highest BCUT2D eigenvalue weighted by Crippen LogP contribution is 2.38. The summed E-state index contributed by atoms with van der Waals surface area (Å²) in [6.07, 6.45) is 2.20. The second-order valence-electron chi connectivity index (χ2n) is 6.71. The fraction of sp³-hybridized carbons (Fsp3) is 0.182. The lowest BCUT2D eigenvalue weighted by atomic mass is 9.87. The minimum absolute atomic E-state index is 0.144. The average molecular weight is 395 g/mol. The zero-order valence-corrected chi connectivity index (χ0v) is 16.1. The van der Waals surface area contributed by atoms with Gasteiger partial charge in [0.15, 0.2) is 0 Å². The Balaban J connectivity index is 1.84. The van der Waals surface area contributed by atoms with Gasteiger partial charge in [0.25, 0.3) is 5.91 Å². The number of methoxy groups -OCH3 is 1. The Hall–Kier alpha value is -3.05. The Morgan fingerprint density at radius 2 is 2.04 bits per heavy atom. The van der Waals surface area contributed by atoms with E-state index in [9.17, 15) is 9.59 Å². The van der Waals surface area contributed by atoms with Gasteiger partial charge in [-0.15, -0.1) is 0 Å². The summed E-state index contributed by atoms with van der Waals surface area (Å²) in [7, 11) is 1.63. The molecule has 4 rings (SSSR count). The van der Waals surface area contributed by atoms with Crippen LogP contribution in [0.2, 0.25) is 5.02 Å². The molecule has 142 valence electrons. The molecule has 1 aromatic heterocycles. The molecule has 28 heavy (non-hydrogen) atoms. The van der Waals surface area contributed by atoms with E-state index in [1.165, 1.54) is 17.8 Å². The van der Waals surface area contributed by atoms with Crippen LogP contribution in [0.1, 0.15) is 33.1 Å². The Morgan fingerprint density at radius 3 is 2.75 bits per heavy atom. The second kappa shape index (κ2) is 7.52. The number of nitrogens with one attached hydrogen (secondary N) is 1. The summed E-state index contributed by atoms with van der Waals surface area (Å²) < 4.78 is 5.41. The molecule has 1 N–H and O–H groups in total. The Bertz CT molecular complexity index is 1070. The number of carbonyl (C=O) groups excluding carboxylic acids is 1. The van der Waals surface area contributed by atoms with Crippen molar-refractivity contribution in [2.45, 2.75) is 12.5 Å². The molecule has 1 amide bonds. The number of halogens is 1. The van der Waals surface area contributed by atoms with Gasteiger partial charge in [0.05, 0.1) is 18.7 Å². The fourth-order valence-corrected chi connectivity index (χ4v) is 3.88. The van der Waals surface area contributed by atoms with Crippen LogP contribution in [0.25, 0.3) is 0 Å². The summed E-state index contributed by atoms with van der Waals surface area (Å²) in [5.74, 6) is 0.596. The third-order valence-corrected chi connectivity index (χ3v) is 5.27. The van der Waals surface area contributed by atoms with Crippen LogP contribution in [-0.2, 0) is 6.42 Å². The maximum absolute atomic E-state index is 13.3. The van der Waals surface area contributed by atoms with Crippen molar-refractivity contribution in [3.05, 3.63) is 98.4 Å². The second-order valence-corrected chi connectivity index (χ2v) is 7.15. The molecule has 5 nitrogen and oxygen atoms in total. The third kappa shape index (κ3) is 3.41. The van der Waals surface area contributed by atoms with E-state index in [0.717, 1.165) is 23.3 Å². The van der Waals surface area contributed by atoms with E-state index in [2.05, 4.69) is 4.98 Å². The first-order chi connectivity index (χ1) is 13.6. The minimum Gasteiger partial charge on any atom is -0.497 e. The zero-order valence-electron chi connectivity index (χ0n) is 15.3. The maximum Gasteiger partial charge on any atom is 0.256 e. The molecule has 0 saturated heterocycles. The number of aromatic amines is 1. The predicted molar refractivity (Wildman–Crippen MR) is 108 cm³/mol. The van der Waals surface area contributed by atoms with Crippen molar-refractivity contribution in [1.82, 2.24) is 9.88 Å². The van der Waals surface area contributed by atoms with Gasteiger partial charge in [0.1, 0.15) is 5.75 Å². The lowest BCUT2D eigenvalue weighted by Crippen LogP contribution is -2.40. The molecule has 1 aliphatic rings. The van der Waals surface area contributed by atoms with Crippen LogP contribution in [0.15, 0.2) is 65.6 Å². The van der Waals surface area contributed by atoms with Gasteiger partial charge in [0, 0.05) is 23.8 Å². The summed E-state index contributed by atoms with van der Waals surface area (Å²) in [5.41, 5.74) is 3.33. The smallest absolute Gasteiger partial charge is 0.256 e. The van der Waals surface area contributed by atoms with E-state index in [4.69, 9.17) is 16.3 Å². The van der Waals surface area contributed by atoms with Gasteiger partial charge in [-0.3, -0.25) is 9.59 Å². The lowest BCUT2D eigenvalue weighted by Gasteiger charge is -2.38. The predicted octanol–water partition coefficient (Wildman–Crippen LogP) is 3.82. The third-order valence-electron chi connectivity index (χ3n) is 5.04. The van der Waals surface area contributed by atoms with Gasteiger partial charge in [-0.2, -0.15) is 0 Å². The number of aromatic nitrogens is 1. The molecule has 2 heterocycles. The molecule has 0 spiro atoms. The van der Waals surface area contributed by atoms with Crippen molar-refractivity contribution in [2.75, 3.05) is 13.7 Å². The van der Waals surface area contributed by atoms with Crippen LogP contribution in [0, 0.1) is 0 Å². The number of carbonyl (C=O) groups is 1. The zero-order chi connectivity index (χ0) is 19.7. The molecular formula is C22H19ClN2O3. The number of fused-ring (bicyclic) bond motifs is 1. The average Bonchev–Trinajstić information content (AvgIpc) is 2.72.